The number of hydrogen-bond donors (Lipinski definition) is 1. The second-order valence-electron chi connectivity index (χ2n) is 7.66. The Labute approximate surface area is 176 Å². The highest BCUT2D eigenvalue weighted by Gasteiger charge is 2.36. The van der Waals surface area contributed by atoms with Crippen LogP contribution in [0.1, 0.15) is 44.9 Å². The molecule has 0 aliphatic carbocycles. The van der Waals surface area contributed by atoms with Crippen molar-refractivity contribution in [2.45, 2.75) is 52.0 Å². The summed E-state index contributed by atoms with van der Waals surface area (Å²) in [5, 5.41) is 2.64. The van der Waals surface area contributed by atoms with Crippen molar-refractivity contribution in [3.63, 3.8) is 0 Å². The summed E-state index contributed by atoms with van der Waals surface area (Å²) in [7, 11) is 0. The second kappa shape index (κ2) is 10.4. The Bertz CT molecular complexity index is 845. The molecule has 0 bridgehead atoms. The van der Waals surface area contributed by atoms with Gasteiger partial charge in [0.2, 0.25) is 6.10 Å². The molecule has 1 N–H and O–H groups in total. The summed E-state index contributed by atoms with van der Waals surface area (Å²) in [4.78, 5) is 37.0. The van der Waals surface area contributed by atoms with Gasteiger partial charge in [-0.25, -0.2) is 9.59 Å². The van der Waals surface area contributed by atoms with Crippen LogP contribution in [-0.2, 0) is 30.4 Å². The lowest BCUT2D eigenvalue weighted by atomic mass is 10.0. The zero-order valence-corrected chi connectivity index (χ0v) is 17.6. The summed E-state index contributed by atoms with van der Waals surface area (Å²) >= 11 is 0. The summed E-state index contributed by atoms with van der Waals surface area (Å²) < 4.78 is 15.9. The molecular formula is C23H27NO6. The average Bonchev–Trinajstić information content (AvgIpc) is 2.68. The molecule has 7 nitrogen and oxygen atoms in total. The first-order valence-electron chi connectivity index (χ1n) is 9.58. The third kappa shape index (κ3) is 7.58. The summed E-state index contributed by atoms with van der Waals surface area (Å²) in [5.74, 6) is -1.46. The number of amides is 1. The van der Waals surface area contributed by atoms with Crippen molar-refractivity contribution in [2.75, 3.05) is 0 Å². The van der Waals surface area contributed by atoms with Crippen LogP contribution in [-0.4, -0.2) is 29.7 Å². The summed E-state index contributed by atoms with van der Waals surface area (Å²) in [5.41, 5.74) is 0.603. The number of carbonyl (C=O) groups excluding carboxylic acids is 3. The van der Waals surface area contributed by atoms with Crippen LogP contribution < -0.4 is 5.32 Å². The topological polar surface area (TPSA) is 90.9 Å². The van der Waals surface area contributed by atoms with Crippen LogP contribution in [0.4, 0.5) is 4.79 Å². The quantitative estimate of drug-likeness (QED) is 0.546. The van der Waals surface area contributed by atoms with Gasteiger partial charge in [0.15, 0.2) is 0 Å². The number of ether oxygens (including phenoxy) is 3. The fourth-order valence-electron chi connectivity index (χ4n) is 2.67. The fraction of sp³-hybridized carbons (Fsp3) is 0.348. The third-order valence-electron chi connectivity index (χ3n) is 3.88. The van der Waals surface area contributed by atoms with Gasteiger partial charge in [-0.1, -0.05) is 60.7 Å². The zero-order chi connectivity index (χ0) is 22.1. The number of nitrogens with one attached hydrogen (secondary N) is 1. The minimum atomic E-state index is -1.39. The Morgan fingerprint density at radius 3 is 2.03 bits per heavy atom. The second-order valence-corrected chi connectivity index (χ2v) is 7.66. The van der Waals surface area contributed by atoms with Crippen LogP contribution in [0.5, 0.6) is 0 Å². The normalized spacial score (nSPS) is 12.9. The lowest BCUT2D eigenvalue weighted by molar-refractivity contribution is -0.170. The molecule has 0 radical (unpaired) electrons. The molecule has 0 aromatic heterocycles. The van der Waals surface area contributed by atoms with Crippen molar-refractivity contribution < 1.29 is 28.6 Å². The molecule has 0 unspecified atom stereocenters. The summed E-state index contributed by atoms with van der Waals surface area (Å²) in [6, 6.07) is 16.8. The van der Waals surface area contributed by atoms with E-state index >= 15 is 0 Å². The van der Waals surface area contributed by atoms with Gasteiger partial charge in [-0.15, -0.1) is 0 Å². The molecule has 2 aromatic rings. The van der Waals surface area contributed by atoms with Gasteiger partial charge >= 0.3 is 18.0 Å². The highest BCUT2D eigenvalue weighted by molar-refractivity contribution is 5.81. The maximum Gasteiger partial charge on any atom is 0.408 e. The maximum absolute atomic E-state index is 12.8. The number of benzene rings is 2. The van der Waals surface area contributed by atoms with Crippen LogP contribution in [0.3, 0.4) is 0 Å². The van der Waals surface area contributed by atoms with Crippen molar-refractivity contribution in [1.29, 1.82) is 0 Å². The van der Waals surface area contributed by atoms with Crippen molar-refractivity contribution in [1.82, 2.24) is 5.32 Å². The molecule has 2 rings (SSSR count). The SMILES string of the molecule is CC(=O)O[C@@H](C(=O)OCc1ccccc1)[C@@H](NC(=O)OC(C)(C)C)c1ccccc1. The minimum absolute atomic E-state index is 0.00534. The predicted octanol–water partition coefficient (Wildman–Crippen LogP) is 3.93. The third-order valence-corrected chi connectivity index (χ3v) is 3.88. The zero-order valence-electron chi connectivity index (χ0n) is 17.6. The lowest BCUT2D eigenvalue weighted by Gasteiger charge is -2.28. The van der Waals surface area contributed by atoms with Crippen LogP contribution in [0.2, 0.25) is 0 Å². The molecule has 0 spiro atoms. The van der Waals surface area contributed by atoms with Gasteiger partial charge in [-0.3, -0.25) is 4.79 Å². The molecule has 1 amide bonds. The Morgan fingerprint density at radius 2 is 1.50 bits per heavy atom. The lowest BCUT2D eigenvalue weighted by Crippen LogP contribution is -2.45. The molecule has 0 saturated heterocycles. The van der Waals surface area contributed by atoms with Gasteiger partial charge in [0.05, 0.1) is 0 Å². The molecule has 160 valence electrons. The van der Waals surface area contributed by atoms with Gasteiger partial charge in [0.1, 0.15) is 18.2 Å². The molecule has 2 atom stereocenters. The molecule has 7 heteroatoms. The minimum Gasteiger partial charge on any atom is -0.458 e. The Kier molecular flexibility index (Phi) is 7.98. The van der Waals surface area contributed by atoms with Gasteiger partial charge in [-0.2, -0.15) is 0 Å². The molecule has 0 saturated carbocycles. The molecule has 0 heterocycles. The molecule has 0 aliphatic rings. The van der Waals surface area contributed by atoms with E-state index in [1.54, 1.807) is 51.1 Å². The first kappa shape index (κ1) is 22.9. The Hall–Kier alpha value is -3.35. The van der Waals surface area contributed by atoms with E-state index in [0.29, 0.717) is 5.56 Å². The summed E-state index contributed by atoms with van der Waals surface area (Å²) in [6.07, 6.45) is -2.13. The van der Waals surface area contributed by atoms with E-state index in [0.717, 1.165) is 5.56 Å². The smallest absolute Gasteiger partial charge is 0.408 e. The van der Waals surface area contributed by atoms with E-state index in [9.17, 15) is 14.4 Å². The monoisotopic (exact) mass is 413 g/mol. The van der Waals surface area contributed by atoms with Crippen molar-refractivity contribution in [2.24, 2.45) is 0 Å². The first-order chi connectivity index (χ1) is 14.2. The van der Waals surface area contributed by atoms with Crippen LogP contribution >= 0.6 is 0 Å². The number of alkyl carbamates (subject to hydrolysis) is 1. The number of carbonyl (C=O) groups is 3. The highest BCUT2D eigenvalue weighted by atomic mass is 16.6. The van der Waals surface area contributed by atoms with E-state index in [1.807, 2.05) is 30.3 Å². The van der Waals surface area contributed by atoms with E-state index < -0.39 is 35.8 Å². The summed E-state index contributed by atoms with van der Waals surface area (Å²) in [6.45, 7) is 6.36. The first-order valence-corrected chi connectivity index (χ1v) is 9.58. The molecule has 0 aliphatic heterocycles. The predicted molar refractivity (Wildman–Crippen MR) is 110 cm³/mol. The Morgan fingerprint density at radius 1 is 0.933 bits per heavy atom. The van der Waals surface area contributed by atoms with Crippen LogP contribution in [0.15, 0.2) is 60.7 Å². The van der Waals surface area contributed by atoms with Gasteiger partial charge < -0.3 is 19.5 Å². The molecule has 2 aromatic carbocycles. The number of rotatable bonds is 7. The molecule has 0 fully saturated rings. The van der Waals surface area contributed by atoms with E-state index in [2.05, 4.69) is 5.32 Å². The van der Waals surface area contributed by atoms with Gasteiger partial charge in [0, 0.05) is 6.92 Å². The largest absolute Gasteiger partial charge is 0.458 e. The van der Waals surface area contributed by atoms with E-state index in [4.69, 9.17) is 14.2 Å². The molecular weight excluding hydrogens is 386 g/mol. The van der Waals surface area contributed by atoms with Crippen LogP contribution in [0.25, 0.3) is 0 Å². The van der Waals surface area contributed by atoms with Gasteiger partial charge in [0.25, 0.3) is 0 Å². The van der Waals surface area contributed by atoms with Crippen molar-refractivity contribution in [3.8, 4) is 0 Å². The standard InChI is InChI=1S/C23H27NO6/c1-16(25)29-20(21(26)28-15-17-11-7-5-8-12-17)19(18-13-9-6-10-14-18)24-22(27)30-23(2,3)4/h5-14,19-20H,15H2,1-4H3,(H,24,27)/t19-,20+/m0/s1. The number of esters is 2. The highest BCUT2D eigenvalue weighted by Crippen LogP contribution is 2.22. The average molecular weight is 413 g/mol. The Balaban J connectivity index is 2.26. The number of hydrogen-bond acceptors (Lipinski definition) is 6. The molecule has 30 heavy (non-hydrogen) atoms. The van der Waals surface area contributed by atoms with Gasteiger partial charge in [-0.05, 0) is 31.9 Å². The fourth-order valence-corrected chi connectivity index (χ4v) is 2.67. The van der Waals surface area contributed by atoms with Crippen molar-refractivity contribution in [3.05, 3.63) is 71.8 Å². The van der Waals surface area contributed by atoms with E-state index in [1.165, 1.54) is 6.92 Å². The van der Waals surface area contributed by atoms with Crippen LogP contribution in [0, 0.1) is 0 Å². The maximum atomic E-state index is 12.8. The van der Waals surface area contributed by atoms with Crippen molar-refractivity contribution >= 4 is 18.0 Å². The van der Waals surface area contributed by atoms with E-state index in [-0.39, 0.29) is 6.61 Å².